The highest BCUT2D eigenvalue weighted by molar-refractivity contribution is 9.10. The minimum Gasteiger partial charge on any atom is -0.313 e. The van der Waals surface area contributed by atoms with Crippen molar-refractivity contribution in [3.8, 4) is 5.69 Å². The molecule has 0 aliphatic rings. The standard InChI is InChI=1S/C14H15BrF3N3/c1-3-19-7-10-8-20-21(13(10)14(16,17)18)12-5-4-11(15)6-9(12)2/h4-6,8,19H,3,7H2,1-2H3. The number of aryl methyl sites for hydroxylation is 1. The lowest BCUT2D eigenvalue weighted by atomic mass is 10.2. The average Bonchev–Trinajstić information content (AvgIpc) is 2.80. The third kappa shape index (κ3) is 3.47. The molecule has 2 aromatic rings. The Hall–Kier alpha value is -1.34. The number of alkyl halides is 3. The fourth-order valence-electron chi connectivity index (χ4n) is 2.11. The van der Waals surface area contributed by atoms with E-state index in [2.05, 4.69) is 26.3 Å². The van der Waals surface area contributed by atoms with Crippen molar-refractivity contribution in [1.29, 1.82) is 0 Å². The molecule has 0 saturated carbocycles. The summed E-state index contributed by atoms with van der Waals surface area (Å²) in [6, 6.07) is 5.09. The van der Waals surface area contributed by atoms with Crippen LogP contribution < -0.4 is 5.32 Å². The number of rotatable bonds is 4. The maximum absolute atomic E-state index is 13.4. The lowest BCUT2D eigenvalue weighted by Gasteiger charge is -2.14. The first-order valence-electron chi connectivity index (χ1n) is 6.46. The molecule has 7 heteroatoms. The highest BCUT2D eigenvalue weighted by Crippen LogP contribution is 2.34. The number of benzene rings is 1. The number of nitrogens with one attached hydrogen (secondary N) is 1. The zero-order valence-corrected chi connectivity index (χ0v) is 13.2. The summed E-state index contributed by atoms with van der Waals surface area (Å²) >= 11 is 3.30. The highest BCUT2D eigenvalue weighted by Gasteiger charge is 2.38. The lowest BCUT2D eigenvalue weighted by molar-refractivity contribution is -0.143. The van der Waals surface area contributed by atoms with Gasteiger partial charge in [-0.05, 0) is 37.2 Å². The quantitative estimate of drug-likeness (QED) is 0.889. The summed E-state index contributed by atoms with van der Waals surface area (Å²) in [7, 11) is 0. The van der Waals surface area contributed by atoms with E-state index < -0.39 is 11.9 Å². The molecule has 0 amide bonds. The average molecular weight is 362 g/mol. The van der Waals surface area contributed by atoms with E-state index in [1.54, 1.807) is 25.1 Å². The minimum atomic E-state index is -4.46. The molecule has 2 rings (SSSR count). The Labute approximate surface area is 129 Å². The SMILES string of the molecule is CCNCc1cnn(-c2ccc(Br)cc2C)c1C(F)(F)F. The second-order valence-corrected chi connectivity index (χ2v) is 5.55. The third-order valence-electron chi connectivity index (χ3n) is 3.07. The van der Waals surface area contributed by atoms with Crippen molar-refractivity contribution >= 4 is 15.9 Å². The van der Waals surface area contributed by atoms with Crippen molar-refractivity contribution in [3.63, 3.8) is 0 Å². The van der Waals surface area contributed by atoms with Crippen LogP contribution in [-0.2, 0) is 12.7 Å². The zero-order valence-electron chi connectivity index (χ0n) is 11.6. The molecule has 21 heavy (non-hydrogen) atoms. The largest absolute Gasteiger partial charge is 0.433 e. The Bertz CT molecular complexity index is 635. The van der Waals surface area contributed by atoms with Gasteiger partial charge in [0.2, 0.25) is 0 Å². The topological polar surface area (TPSA) is 29.9 Å². The van der Waals surface area contributed by atoms with Gasteiger partial charge in [0, 0.05) is 16.6 Å². The zero-order chi connectivity index (χ0) is 15.6. The van der Waals surface area contributed by atoms with Crippen LogP contribution in [0, 0.1) is 6.92 Å². The van der Waals surface area contributed by atoms with E-state index in [-0.39, 0.29) is 12.1 Å². The molecule has 0 atom stereocenters. The van der Waals surface area contributed by atoms with E-state index in [9.17, 15) is 13.2 Å². The smallest absolute Gasteiger partial charge is 0.313 e. The van der Waals surface area contributed by atoms with E-state index in [0.29, 0.717) is 17.8 Å². The van der Waals surface area contributed by atoms with Crippen LogP contribution >= 0.6 is 15.9 Å². The van der Waals surface area contributed by atoms with Crippen molar-refractivity contribution in [1.82, 2.24) is 15.1 Å². The van der Waals surface area contributed by atoms with Crippen molar-refractivity contribution < 1.29 is 13.2 Å². The summed E-state index contributed by atoms with van der Waals surface area (Å²) in [5, 5.41) is 6.84. The molecule has 0 aliphatic carbocycles. The molecule has 0 aliphatic heterocycles. The minimum absolute atomic E-state index is 0.140. The summed E-state index contributed by atoms with van der Waals surface area (Å²) in [5.41, 5.74) is 0.557. The molecule has 1 heterocycles. The molecule has 1 N–H and O–H groups in total. The summed E-state index contributed by atoms with van der Waals surface area (Å²) in [6.07, 6.45) is -3.19. The fourth-order valence-corrected chi connectivity index (χ4v) is 2.59. The molecular formula is C14H15BrF3N3. The molecule has 0 radical (unpaired) electrons. The number of nitrogens with zero attached hydrogens (tertiary/aromatic N) is 2. The van der Waals surface area contributed by atoms with Crippen LogP contribution in [0.4, 0.5) is 13.2 Å². The molecule has 0 saturated heterocycles. The Balaban J connectivity index is 2.55. The second-order valence-electron chi connectivity index (χ2n) is 4.64. The summed E-state index contributed by atoms with van der Waals surface area (Å²) < 4.78 is 41.9. The third-order valence-corrected chi connectivity index (χ3v) is 3.56. The summed E-state index contributed by atoms with van der Waals surface area (Å²) in [5.74, 6) is 0. The number of hydrogen-bond donors (Lipinski definition) is 1. The lowest BCUT2D eigenvalue weighted by Crippen LogP contribution is -2.19. The van der Waals surface area contributed by atoms with Crippen LogP contribution in [0.3, 0.4) is 0 Å². The number of halogens is 4. The van der Waals surface area contributed by atoms with Gasteiger partial charge in [-0.25, -0.2) is 4.68 Å². The second kappa shape index (κ2) is 6.19. The Morgan fingerprint density at radius 3 is 2.62 bits per heavy atom. The van der Waals surface area contributed by atoms with Crippen molar-refractivity contribution in [2.24, 2.45) is 0 Å². The van der Waals surface area contributed by atoms with Crippen LogP contribution in [0.25, 0.3) is 5.69 Å². The van der Waals surface area contributed by atoms with Crippen LogP contribution in [0.2, 0.25) is 0 Å². The van der Waals surface area contributed by atoms with E-state index in [4.69, 9.17) is 0 Å². The van der Waals surface area contributed by atoms with Crippen LogP contribution in [-0.4, -0.2) is 16.3 Å². The van der Waals surface area contributed by atoms with Gasteiger partial charge in [0.1, 0.15) is 0 Å². The van der Waals surface area contributed by atoms with Gasteiger partial charge in [0.25, 0.3) is 0 Å². The first-order chi connectivity index (χ1) is 9.84. The van der Waals surface area contributed by atoms with Crippen LogP contribution in [0.1, 0.15) is 23.7 Å². The summed E-state index contributed by atoms with van der Waals surface area (Å²) in [6.45, 7) is 4.34. The fraction of sp³-hybridized carbons (Fsp3) is 0.357. The van der Waals surface area contributed by atoms with E-state index in [1.165, 1.54) is 6.20 Å². The van der Waals surface area contributed by atoms with Gasteiger partial charge in [0.05, 0.1) is 11.9 Å². The maximum Gasteiger partial charge on any atom is 0.433 e. The number of aromatic nitrogens is 2. The van der Waals surface area contributed by atoms with Gasteiger partial charge in [-0.15, -0.1) is 0 Å². The predicted molar refractivity (Wildman–Crippen MR) is 78.4 cm³/mol. The Morgan fingerprint density at radius 2 is 2.05 bits per heavy atom. The first kappa shape index (κ1) is 16.0. The Morgan fingerprint density at radius 1 is 1.33 bits per heavy atom. The molecule has 1 aromatic heterocycles. The van der Waals surface area contributed by atoms with Crippen molar-refractivity contribution in [2.45, 2.75) is 26.6 Å². The summed E-state index contributed by atoms with van der Waals surface area (Å²) in [4.78, 5) is 0. The van der Waals surface area contributed by atoms with E-state index >= 15 is 0 Å². The van der Waals surface area contributed by atoms with Gasteiger partial charge >= 0.3 is 6.18 Å². The molecule has 0 fully saturated rings. The Kier molecular flexibility index (Phi) is 4.73. The van der Waals surface area contributed by atoms with Gasteiger partial charge in [-0.3, -0.25) is 0 Å². The molecule has 0 bridgehead atoms. The molecule has 0 unspecified atom stereocenters. The molecule has 3 nitrogen and oxygen atoms in total. The monoisotopic (exact) mass is 361 g/mol. The van der Waals surface area contributed by atoms with Crippen LogP contribution in [0.15, 0.2) is 28.9 Å². The molecular weight excluding hydrogens is 347 g/mol. The van der Waals surface area contributed by atoms with Gasteiger partial charge in [0.15, 0.2) is 5.69 Å². The molecule has 0 spiro atoms. The van der Waals surface area contributed by atoms with E-state index in [1.807, 2.05) is 6.92 Å². The maximum atomic E-state index is 13.4. The molecule has 1 aromatic carbocycles. The van der Waals surface area contributed by atoms with Crippen LogP contribution in [0.5, 0.6) is 0 Å². The highest BCUT2D eigenvalue weighted by atomic mass is 79.9. The van der Waals surface area contributed by atoms with Crippen molar-refractivity contribution in [3.05, 3.63) is 45.7 Å². The van der Waals surface area contributed by atoms with Gasteiger partial charge in [-0.2, -0.15) is 18.3 Å². The predicted octanol–water partition coefficient (Wildman–Crippen LogP) is 4.07. The normalized spacial score (nSPS) is 11.9. The van der Waals surface area contributed by atoms with Crippen molar-refractivity contribution in [2.75, 3.05) is 6.54 Å². The van der Waals surface area contributed by atoms with Gasteiger partial charge in [-0.1, -0.05) is 22.9 Å². The number of hydrogen-bond acceptors (Lipinski definition) is 2. The molecule has 114 valence electrons. The van der Waals surface area contributed by atoms with E-state index in [0.717, 1.165) is 9.15 Å². The van der Waals surface area contributed by atoms with Gasteiger partial charge < -0.3 is 5.32 Å². The first-order valence-corrected chi connectivity index (χ1v) is 7.25.